The Balaban J connectivity index is -0.0000000450. The average molecular weight is 268 g/mol. The summed E-state index contributed by atoms with van der Waals surface area (Å²) in [6.45, 7) is 0. The Hall–Kier alpha value is -0.827. The van der Waals surface area contributed by atoms with E-state index in [2.05, 4.69) is 0 Å². The van der Waals surface area contributed by atoms with Crippen molar-refractivity contribution in [3.05, 3.63) is 30.6 Å². The van der Waals surface area contributed by atoms with Crippen LogP contribution in [0.3, 0.4) is 0 Å². The molecule has 0 atom stereocenters. The van der Waals surface area contributed by atoms with Crippen molar-refractivity contribution in [1.29, 1.82) is 0 Å². The number of rotatable bonds is 0. The van der Waals surface area contributed by atoms with Gasteiger partial charge in [-0.15, -0.1) is 0 Å². The minimum Gasteiger partial charge on any atom is -0.356 e. The van der Waals surface area contributed by atoms with Gasteiger partial charge >= 0.3 is 19.5 Å². The molecule has 0 aliphatic heterocycles. The topological polar surface area (TPSA) is 149 Å². The van der Waals surface area contributed by atoms with Crippen LogP contribution in [-0.2, 0) is 30.3 Å². The molecule has 0 aromatic heterocycles. The molecule has 0 saturated heterocycles. The smallest absolute Gasteiger partial charge is 0.356 e. The minimum absolute atomic E-state index is 0. The van der Waals surface area contributed by atoms with E-state index in [1.807, 2.05) is 0 Å². The van der Waals surface area contributed by atoms with Crippen LogP contribution < -0.4 is 0 Å². The third-order valence-electron chi connectivity index (χ3n) is 0. The largest absolute Gasteiger partial charge is 2.00 e. The van der Waals surface area contributed by atoms with Crippen molar-refractivity contribution >= 4 is 10.8 Å². The van der Waals surface area contributed by atoms with Gasteiger partial charge in [-0.05, 0) is 0 Å². The van der Waals surface area contributed by atoms with Crippen molar-refractivity contribution in [3.8, 4) is 0 Å². The average Bonchev–Trinajstić information content (AvgIpc) is 1.54. The van der Waals surface area contributed by atoms with Crippen LogP contribution in [0.2, 0.25) is 0 Å². The van der Waals surface area contributed by atoms with E-state index >= 15 is 0 Å². The molecular formula is C2H6N2O7SZn. The van der Waals surface area contributed by atoms with Crippen LogP contribution in [0, 0.1) is 30.6 Å². The maximum Gasteiger partial charge on any atom is 2.00 e. The van der Waals surface area contributed by atoms with Gasteiger partial charge in [0.25, 0.3) is 0 Å². The van der Waals surface area contributed by atoms with E-state index in [-0.39, 0.29) is 19.5 Å². The molecule has 0 unspecified atom stereocenters. The zero-order valence-corrected chi connectivity index (χ0v) is 10.7. The molecule has 0 aromatic rings. The van der Waals surface area contributed by atoms with Gasteiger partial charge in [0.1, 0.15) is 0 Å². The zero-order chi connectivity index (χ0) is 10.7. The third kappa shape index (κ3) is 1380. The molecule has 0 amide bonds. The molecule has 74 valence electrons. The molecule has 0 aliphatic rings. The molecule has 11 heteroatoms. The third-order valence-corrected chi connectivity index (χ3v) is 0. The summed E-state index contributed by atoms with van der Waals surface area (Å²) in [6.07, 6.45) is 3.28. The molecule has 0 heterocycles. The van der Waals surface area contributed by atoms with Gasteiger partial charge in [0.15, 0.2) is 0 Å². The molecule has 13 heavy (non-hydrogen) atoms. The summed E-state index contributed by atoms with van der Waals surface area (Å²) in [5.41, 5.74) is 0. The van der Waals surface area contributed by atoms with E-state index in [0.29, 0.717) is 0 Å². The Labute approximate surface area is 88.2 Å². The summed E-state index contributed by atoms with van der Waals surface area (Å²) in [5.74, 6) is 0. The molecular weight excluding hydrogens is 261 g/mol. The fraction of sp³-hybridized carbons (Fsp3) is 1.00. The van der Waals surface area contributed by atoms with Crippen LogP contribution in [0.15, 0.2) is 0 Å². The molecule has 0 spiro atoms. The Bertz CT molecular complexity index is 122. The van der Waals surface area contributed by atoms with Crippen LogP contribution in [-0.4, -0.2) is 26.9 Å². The van der Waals surface area contributed by atoms with E-state index in [1.54, 1.807) is 12.5 Å². The van der Waals surface area contributed by atoms with Crippen LogP contribution in [0.25, 0.3) is 0 Å². The van der Waals surface area contributed by atoms with Gasteiger partial charge < -0.3 is 30.6 Å². The molecule has 0 rings (SSSR count). The quantitative estimate of drug-likeness (QED) is 0.326. The zero-order valence-electron chi connectivity index (χ0n) is 6.87. The second kappa shape index (κ2) is 17.3. The maximum atomic E-state index is 9.56. The van der Waals surface area contributed by atoms with Crippen molar-refractivity contribution in [2.24, 2.45) is 0 Å². The van der Waals surface area contributed by atoms with Gasteiger partial charge in [-0.25, -0.2) is 0 Å². The van der Waals surface area contributed by atoms with E-state index in [1.165, 1.54) is 0 Å². The molecule has 0 aliphatic carbocycles. The first-order chi connectivity index (χ1) is 5.20. The maximum absolute atomic E-state index is 9.56. The normalized spacial score (nSPS) is 6.38. The van der Waals surface area contributed by atoms with Gasteiger partial charge in [0.05, 0.1) is 10.2 Å². The van der Waals surface area contributed by atoms with Crippen molar-refractivity contribution < 1.29 is 33.9 Å². The number of hydrogen-bond acceptors (Lipinski definition) is 7. The molecule has 0 bridgehead atoms. The van der Waals surface area contributed by atoms with Crippen molar-refractivity contribution in [2.75, 3.05) is 12.5 Å². The summed E-state index contributed by atoms with van der Waals surface area (Å²) in [4.78, 5) is 16.5. The summed E-state index contributed by atoms with van der Waals surface area (Å²) in [7, 11) is -0.611. The van der Waals surface area contributed by atoms with Crippen molar-refractivity contribution in [3.63, 3.8) is 0 Å². The van der Waals surface area contributed by atoms with E-state index in [0.717, 1.165) is 0 Å². The van der Waals surface area contributed by atoms with E-state index < -0.39 is 21.0 Å². The fourth-order valence-electron chi connectivity index (χ4n) is 0. The minimum atomic E-state index is -1.75. The van der Waals surface area contributed by atoms with Crippen LogP contribution in [0.5, 0.6) is 0 Å². The Morgan fingerprint density at radius 3 is 0.923 bits per heavy atom. The van der Waals surface area contributed by atoms with Crippen LogP contribution >= 0.6 is 0 Å². The molecule has 0 radical (unpaired) electrons. The van der Waals surface area contributed by atoms with Gasteiger partial charge in [0, 0.05) is 23.3 Å². The molecule has 0 saturated carbocycles. The first-order valence-electron chi connectivity index (χ1n) is 2.08. The monoisotopic (exact) mass is 266 g/mol. The predicted molar refractivity (Wildman–Crippen MR) is 40.7 cm³/mol. The number of hydrogen-bond donors (Lipinski definition) is 0. The van der Waals surface area contributed by atoms with E-state index in [9.17, 15) is 4.21 Å². The second-order valence-electron chi connectivity index (χ2n) is 1.19. The SMILES string of the molecule is CS(C)=O.O=[N+]([O-])[O-].O=[N+]([O-])[O-].[Zn+2]. The van der Waals surface area contributed by atoms with Gasteiger partial charge in [-0.1, -0.05) is 0 Å². The molecule has 0 fully saturated rings. The first-order valence-corrected chi connectivity index (χ1v) is 4.04. The van der Waals surface area contributed by atoms with Crippen molar-refractivity contribution in [2.45, 2.75) is 0 Å². The van der Waals surface area contributed by atoms with Gasteiger partial charge in [-0.2, -0.15) is 0 Å². The van der Waals surface area contributed by atoms with Gasteiger partial charge in [0.2, 0.25) is 0 Å². The molecule has 0 aromatic carbocycles. The summed E-state index contributed by atoms with van der Waals surface area (Å²) in [6, 6.07) is 0. The molecule has 9 nitrogen and oxygen atoms in total. The summed E-state index contributed by atoms with van der Waals surface area (Å²) < 4.78 is 9.56. The standard InChI is InChI=1S/C2H6OS.2NO3.Zn/c1-4(2)3;2*2-1(3)4;/h1-2H3;;;/q;2*-1;+2. The first kappa shape index (κ1) is 22.7. The van der Waals surface area contributed by atoms with Crippen LogP contribution in [0.4, 0.5) is 0 Å². The number of nitrogens with zero attached hydrogens (tertiary/aromatic N) is 2. The Morgan fingerprint density at radius 2 is 0.923 bits per heavy atom. The van der Waals surface area contributed by atoms with Gasteiger partial charge in [-0.3, -0.25) is 4.21 Å². The predicted octanol–water partition coefficient (Wildman–Crippen LogP) is -0.486. The Morgan fingerprint density at radius 1 is 0.923 bits per heavy atom. The van der Waals surface area contributed by atoms with Crippen molar-refractivity contribution in [1.82, 2.24) is 0 Å². The summed E-state index contributed by atoms with van der Waals surface area (Å²) >= 11 is 0. The summed E-state index contributed by atoms with van der Waals surface area (Å²) in [5, 5.41) is 29.5. The Kier molecular flexibility index (Phi) is 30.3. The fourth-order valence-corrected chi connectivity index (χ4v) is 0. The second-order valence-corrected chi connectivity index (χ2v) is 2.67. The van der Waals surface area contributed by atoms with E-state index in [4.69, 9.17) is 30.6 Å². The molecule has 0 N–H and O–H groups in total. The van der Waals surface area contributed by atoms with Crippen LogP contribution in [0.1, 0.15) is 0 Å².